The summed E-state index contributed by atoms with van der Waals surface area (Å²) in [6.07, 6.45) is -2.54. The van der Waals surface area contributed by atoms with E-state index < -0.39 is 169 Å². The Kier molecular flexibility index (Phi) is 31.4. The molecule has 31 heteroatoms. The fraction of sp³-hybridized carbons (Fsp3) is 0.429. The fourth-order valence-electron chi connectivity index (χ4n) is 8.12. The van der Waals surface area contributed by atoms with Gasteiger partial charge in [0.05, 0.1) is 13.0 Å². The average molecular weight is 1250 g/mol. The van der Waals surface area contributed by atoms with Crippen molar-refractivity contribution in [3.63, 3.8) is 0 Å². The molecule has 0 aliphatic heterocycles. The van der Waals surface area contributed by atoms with Crippen LogP contribution in [-0.2, 0) is 81.6 Å². The highest BCUT2D eigenvalue weighted by molar-refractivity contribution is 7.80. The van der Waals surface area contributed by atoms with Crippen LogP contribution in [0.1, 0.15) is 75.0 Å². The molecule has 0 aliphatic rings. The number of aliphatic carboxylic acids is 5. The van der Waals surface area contributed by atoms with E-state index in [1.807, 2.05) is 12.1 Å². The van der Waals surface area contributed by atoms with E-state index in [1.165, 1.54) is 0 Å². The molecule has 3 aromatic carbocycles. The molecule has 0 heterocycles. The highest BCUT2D eigenvalue weighted by atomic mass is 32.1. The predicted octanol–water partition coefficient (Wildman–Crippen LogP) is -2.12. The van der Waals surface area contributed by atoms with Crippen molar-refractivity contribution in [1.82, 2.24) is 53.2 Å². The number of nitrogens with two attached hydrogens (primary N) is 1. The Bertz CT molecular complexity index is 2880. The zero-order chi connectivity index (χ0) is 64.6. The van der Waals surface area contributed by atoms with Crippen LogP contribution in [-0.4, -0.2) is 181 Å². The third-order valence-electron chi connectivity index (χ3n) is 12.9. The topological polar surface area (TPSA) is 469 Å². The molecule has 0 saturated carbocycles. The number of benzene rings is 3. The summed E-state index contributed by atoms with van der Waals surface area (Å²) >= 11 is 8.92. The SMILES string of the molecule is C[C@@H](CCC(=O)NCC(=O)N[C@@H](Cc1ccccc1)C(=O)NC(Cc1ccccc1)C(=O)NC[C@H](N)C(=O)N[C@@H](CC(=O)O)C(=O)N[C@@H](CS)C(=O)O)NC(=O)[C@H](CCc1ccccc1)NC(=O)CC[C@H](NC(=S)N[C@@H](CCC(=O)O)C(=O)O)C(=O)O. The number of thiocarbonyl (C=S) groups is 1. The number of nitrogens with one attached hydrogen (secondary N) is 10. The first-order chi connectivity index (χ1) is 41.2. The molecule has 29 nitrogen and oxygen atoms in total. The molecule has 0 fully saturated rings. The number of carboxylic acid groups (broad SMARTS) is 5. The van der Waals surface area contributed by atoms with Crippen molar-refractivity contribution in [2.45, 2.75) is 132 Å². The summed E-state index contributed by atoms with van der Waals surface area (Å²) < 4.78 is 0. The molecule has 8 amide bonds. The van der Waals surface area contributed by atoms with Gasteiger partial charge in [0, 0.05) is 50.4 Å². The second-order valence-corrected chi connectivity index (χ2v) is 20.7. The Morgan fingerprint density at radius 1 is 0.448 bits per heavy atom. The summed E-state index contributed by atoms with van der Waals surface area (Å²) in [7, 11) is 0. The van der Waals surface area contributed by atoms with Gasteiger partial charge >= 0.3 is 29.8 Å². The largest absolute Gasteiger partial charge is 0.481 e. The van der Waals surface area contributed by atoms with Crippen LogP contribution in [0.5, 0.6) is 0 Å². The lowest BCUT2D eigenvalue weighted by molar-refractivity contribution is -0.143. The molecule has 3 rings (SSSR count). The maximum atomic E-state index is 14.1. The highest BCUT2D eigenvalue weighted by Crippen LogP contribution is 2.11. The van der Waals surface area contributed by atoms with Crippen LogP contribution in [0.3, 0.4) is 0 Å². The summed E-state index contributed by atoms with van der Waals surface area (Å²) in [5.74, 6) is -14.1. The Hall–Kier alpha value is -9.23. The van der Waals surface area contributed by atoms with Crippen LogP contribution in [0.25, 0.3) is 0 Å². The fourth-order valence-corrected chi connectivity index (χ4v) is 8.65. The van der Waals surface area contributed by atoms with Gasteiger partial charge in [-0.05, 0) is 67.9 Å². The lowest BCUT2D eigenvalue weighted by atomic mass is 10.0. The van der Waals surface area contributed by atoms with Crippen molar-refractivity contribution in [2.75, 3.05) is 18.8 Å². The Morgan fingerprint density at radius 2 is 0.897 bits per heavy atom. The van der Waals surface area contributed by atoms with Crippen molar-refractivity contribution >= 4 is 107 Å². The molecule has 472 valence electrons. The molecular formula is C56H73N11O18S2. The molecule has 0 aliphatic carbocycles. The van der Waals surface area contributed by atoms with E-state index in [0.29, 0.717) is 17.5 Å². The molecule has 17 N–H and O–H groups in total. The molecule has 3 aromatic rings. The molecule has 0 radical (unpaired) electrons. The van der Waals surface area contributed by atoms with Crippen LogP contribution < -0.4 is 58.9 Å². The van der Waals surface area contributed by atoms with Crippen LogP contribution >= 0.6 is 24.8 Å². The van der Waals surface area contributed by atoms with Gasteiger partial charge in [0.2, 0.25) is 47.3 Å². The number of amides is 8. The Balaban J connectivity index is 1.65. The first kappa shape index (κ1) is 72.0. The van der Waals surface area contributed by atoms with Crippen molar-refractivity contribution < 1.29 is 87.9 Å². The van der Waals surface area contributed by atoms with Crippen molar-refractivity contribution in [2.24, 2.45) is 5.73 Å². The van der Waals surface area contributed by atoms with E-state index in [-0.39, 0.29) is 50.7 Å². The predicted molar refractivity (Wildman–Crippen MR) is 317 cm³/mol. The first-order valence-electron chi connectivity index (χ1n) is 27.3. The third kappa shape index (κ3) is 28.5. The molecule has 9 atom stereocenters. The van der Waals surface area contributed by atoms with E-state index >= 15 is 0 Å². The maximum absolute atomic E-state index is 14.1. The minimum atomic E-state index is -1.77. The van der Waals surface area contributed by atoms with Gasteiger partial charge in [-0.15, -0.1) is 0 Å². The van der Waals surface area contributed by atoms with Gasteiger partial charge in [0.25, 0.3) is 0 Å². The normalized spacial score (nSPS) is 13.9. The second-order valence-electron chi connectivity index (χ2n) is 19.9. The lowest BCUT2D eigenvalue weighted by Crippen LogP contribution is -2.59. The minimum absolute atomic E-state index is 0.0467. The molecular weight excluding hydrogens is 1180 g/mol. The van der Waals surface area contributed by atoms with Crippen molar-refractivity contribution in [3.05, 3.63) is 108 Å². The Morgan fingerprint density at radius 3 is 1.40 bits per heavy atom. The van der Waals surface area contributed by atoms with E-state index in [9.17, 15) is 82.8 Å². The third-order valence-corrected chi connectivity index (χ3v) is 13.5. The van der Waals surface area contributed by atoms with Gasteiger partial charge < -0.3 is 84.4 Å². The standard InChI is InChI=1S/C56H73N11O18S2/c1-31(60-50(77)36(19-18-32-11-5-2-6-12-32)61-44(69)23-20-37(53(80)81)66-56(87)67-38(54(82)83)21-24-46(71)72)17-22-43(68)58-29-45(70)62-40(26-34-15-9-4-10-16-34)51(78)64-39(25-33-13-7-3-8-14-33)49(76)59-28-35(57)48(75)63-41(27-47(73)74)52(79)65-42(30-86)55(84)85/h2-16,31,35-42,86H,17-30,57H2,1H3,(H,58,68)(H,59,76)(H,60,77)(H,61,69)(H,62,70)(H,63,75)(H,64,78)(H,65,79)(H,71,72)(H,73,74)(H,80,81)(H,82,83)(H,84,85)(H2,66,67,87)/t31-,35-,36-,37-,38-,39?,40-,41-,42-/m0/s1. The number of hydrogen-bond acceptors (Lipinski definition) is 16. The summed E-state index contributed by atoms with van der Waals surface area (Å²) in [6, 6.07) is 13.6. The van der Waals surface area contributed by atoms with Crippen molar-refractivity contribution in [3.8, 4) is 0 Å². The minimum Gasteiger partial charge on any atom is -0.481 e. The number of hydrogen-bond donors (Lipinski definition) is 17. The van der Waals surface area contributed by atoms with Gasteiger partial charge in [-0.25, -0.2) is 14.4 Å². The number of rotatable bonds is 39. The van der Waals surface area contributed by atoms with Gasteiger partial charge in [0.1, 0.15) is 48.3 Å². The van der Waals surface area contributed by atoms with Crippen LogP contribution in [0.2, 0.25) is 0 Å². The van der Waals surface area contributed by atoms with Gasteiger partial charge in [-0.1, -0.05) is 91.0 Å². The monoisotopic (exact) mass is 1250 g/mol. The zero-order valence-electron chi connectivity index (χ0n) is 47.2. The van der Waals surface area contributed by atoms with E-state index in [1.54, 1.807) is 85.8 Å². The molecule has 0 aromatic heterocycles. The summed E-state index contributed by atoms with van der Waals surface area (Å²) in [5, 5.41) is 71.0. The van der Waals surface area contributed by atoms with Crippen molar-refractivity contribution in [1.29, 1.82) is 0 Å². The summed E-state index contributed by atoms with van der Waals surface area (Å²) in [5.41, 5.74) is 8.05. The number of aryl methyl sites for hydroxylation is 1. The first-order valence-corrected chi connectivity index (χ1v) is 28.3. The van der Waals surface area contributed by atoms with Gasteiger partial charge in [-0.2, -0.15) is 12.6 Å². The second kappa shape index (κ2) is 37.9. The number of carbonyl (C=O) groups is 13. The quantitative estimate of drug-likeness (QED) is 0.0214. The highest BCUT2D eigenvalue weighted by Gasteiger charge is 2.32. The van der Waals surface area contributed by atoms with Gasteiger partial charge in [0.15, 0.2) is 5.11 Å². The zero-order valence-corrected chi connectivity index (χ0v) is 48.9. The van der Waals surface area contributed by atoms with E-state index in [2.05, 4.69) is 65.8 Å². The molecule has 0 saturated heterocycles. The lowest BCUT2D eigenvalue weighted by Gasteiger charge is -2.24. The van der Waals surface area contributed by atoms with Crippen LogP contribution in [0.15, 0.2) is 91.0 Å². The van der Waals surface area contributed by atoms with Gasteiger partial charge in [-0.3, -0.25) is 47.9 Å². The van der Waals surface area contributed by atoms with E-state index in [4.69, 9.17) is 23.1 Å². The summed E-state index contributed by atoms with van der Waals surface area (Å²) in [4.78, 5) is 165. The number of carbonyl (C=O) groups excluding carboxylic acids is 8. The smallest absolute Gasteiger partial charge is 0.327 e. The number of carboxylic acids is 5. The number of thiol groups is 1. The van der Waals surface area contributed by atoms with Crippen LogP contribution in [0.4, 0.5) is 0 Å². The average Bonchev–Trinajstić information content (AvgIpc) is 3.62. The molecule has 1 unspecified atom stereocenters. The Labute approximate surface area is 510 Å². The van der Waals surface area contributed by atoms with E-state index in [0.717, 1.165) is 5.56 Å². The molecule has 0 bridgehead atoms. The van der Waals surface area contributed by atoms with Crippen LogP contribution in [0, 0.1) is 0 Å². The molecule has 87 heavy (non-hydrogen) atoms. The summed E-state index contributed by atoms with van der Waals surface area (Å²) in [6.45, 7) is 0.393. The maximum Gasteiger partial charge on any atom is 0.327 e. The molecule has 0 spiro atoms.